The molecule has 0 aliphatic heterocycles. The number of rotatable bonds is 2. The number of aldehydes is 1. The van der Waals surface area contributed by atoms with Gasteiger partial charge in [0, 0.05) is 17.8 Å². The van der Waals surface area contributed by atoms with Crippen molar-refractivity contribution in [2.24, 2.45) is 28.6 Å². The molecule has 3 heteroatoms. The van der Waals surface area contributed by atoms with Crippen LogP contribution in [-0.4, -0.2) is 12.1 Å². The molecule has 0 aromatic carbocycles. The molecule has 3 rings (SSSR count). The van der Waals surface area contributed by atoms with Gasteiger partial charge in [0.15, 0.2) is 0 Å². The first kappa shape index (κ1) is 16.4. The molecule has 3 nitrogen and oxygen atoms in total. The minimum atomic E-state index is -0.377. The average molecular weight is 313 g/mol. The molecule has 0 saturated heterocycles. The lowest BCUT2D eigenvalue weighted by atomic mass is 9.54. The number of carbonyl (C=O) groups is 2. The van der Waals surface area contributed by atoms with Gasteiger partial charge in [-0.05, 0) is 55.9 Å². The Morgan fingerprint density at radius 3 is 2.61 bits per heavy atom. The van der Waals surface area contributed by atoms with E-state index in [1.165, 1.54) is 11.1 Å². The van der Waals surface area contributed by atoms with Gasteiger partial charge in [-0.15, -0.1) is 0 Å². The van der Waals surface area contributed by atoms with E-state index in [0.29, 0.717) is 12.3 Å². The molecule has 0 radical (unpaired) electrons. The third-order valence-corrected chi connectivity index (χ3v) is 6.89. The molecule has 2 fully saturated rings. The third kappa shape index (κ3) is 2.30. The fourth-order valence-corrected chi connectivity index (χ4v) is 5.35. The standard InChI is InChI=1S/C20H27NO2/c1-13(2)15-6-7-20(12-21)9-8-19(3)16(18(15)20)5-4-14(11-22)10-17(19)23/h11,13-14,16H,4-10H2,1-3H3/t14?,16-,19-,20-/m1/s1. The van der Waals surface area contributed by atoms with Crippen LogP contribution in [0.4, 0.5) is 0 Å². The number of ketones is 1. The van der Waals surface area contributed by atoms with E-state index in [4.69, 9.17) is 0 Å². The Hall–Kier alpha value is -1.43. The van der Waals surface area contributed by atoms with Crippen molar-refractivity contribution in [3.63, 3.8) is 0 Å². The van der Waals surface area contributed by atoms with Crippen molar-refractivity contribution < 1.29 is 9.59 Å². The van der Waals surface area contributed by atoms with Crippen LogP contribution in [0.5, 0.6) is 0 Å². The van der Waals surface area contributed by atoms with Crippen LogP contribution in [-0.2, 0) is 9.59 Å². The second-order valence-corrected chi connectivity index (χ2v) is 8.36. The normalized spacial score (nSPS) is 40.4. The van der Waals surface area contributed by atoms with Gasteiger partial charge in [0.2, 0.25) is 0 Å². The number of allylic oxidation sites excluding steroid dienone is 2. The van der Waals surface area contributed by atoms with Crippen molar-refractivity contribution in [1.29, 1.82) is 5.26 Å². The zero-order chi connectivity index (χ0) is 16.8. The lowest BCUT2D eigenvalue weighted by Crippen LogP contribution is -2.44. The van der Waals surface area contributed by atoms with Crippen molar-refractivity contribution >= 4 is 12.1 Å². The first-order valence-corrected chi connectivity index (χ1v) is 9.01. The quantitative estimate of drug-likeness (QED) is 0.566. The second kappa shape index (κ2) is 5.58. The lowest BCUT2D eigenvalue weighted by molar-refractivity contribution is -0.133. The number of hydrogen-bond donors (Lipinski definition) is 0. The molecule has 3 aliphatic rings. The van der Waals surface area contributed by atoms with Crippen molar-refractivity contribution in [3.8, 4) is 6.07 Å². The summed E-state index contributed by atoms with van der Waals surface area (Å²) in [5, 5.41) is 9.93. The largest absolute Gasteiger partial charge is 0.303 e. The van der Waals surface area contributed by atoms with E-state index in [1.807, 2.05) is 0 Å². The van der Waals surface area contributed by atoms with E-state index in [9.17, 15) is 14.9 Å². The molecule has 0 aromatic rings. The molecule has 0 N–H and O–H groups in total. The van der Waals surface area contributed by atoms with Gasteiger partial charge in [-0.3, -0.25) is 4.79 Å². The average Bonchev–Trinajstić information content (AvgIpc) is 2.87. The summed E-state index contributed by atoms with van der Waals surface area (Å²) in [5.41, 5.74) is 1.99. The maximum atomic E-state index is 12.9. The van der Waals surface area contributed by atoms with E-state index in [0.717, 1.165) is 44.8 Å². The molecule has 3 aliphatic carbocycles. The Morgan fingerprint density at radius 2 is 2.00 bits per heavy atom. The number of Topliss-reactive ketones (excluding diaryl/α,β-unsaturated/α-hetero) is 1. The summed E-state index contributed by atoms with van der Waals surface area (Å²) in [6.45, 7) is 6.50. The van der Waals surface area contributed by atoms with Crippen LogP contribution in [0.2, 0.25) is 0 Å². The lowest BCUT2D eigenvalue weighted by Gasteiger charge is -2.47. The smallest absolute Gasteiger partial charge is 0.140 e. The van der Waals surface area contributed by atoms with Crippen LogP contribution in [0, 0.1) is 39.9 Å². The molecule has 0 bridgehead atoms. The minimum absolute atomic E-state index is 0.133. The van der Waals surface area contributed by atoms with Crippen molar-refractivity contribution in [2.45, 2.75) is 65.7 Å². The SMILES string of the molecule is CC(C)C1=C2[C@H]3CCC(C=O)CC(=O)[C@]3(C)CC[C@@]2(C#N)CC1. The predicted molar refractivity (Wildman–Crippen MR) is 88.4 cm³/mol. The van der Waals surface area contributed by atoms with E-state index >= 15 is 0 Å². The second-order valence-electron chi connectivity index (χ2n) is 8.36. The van der Waals surface area contributed by atoms with Crippen molar-refractivity contribution in [2.75, 3.05) is 0 Å². The zero-order valence-electron chi connectivity index (χ0n) is 14.5. The summed E-state index contributed by atoms with van der Waals surface area (Å²) >= 11 is 0. The summed E-state index contributed by atoms with van der Waals surface area (Å²) in [4.78, 5) is 24.2. The van der Waals surface area contributed by atoms with Crippen LogP contribution in [0.15, 0.2) is 11.1 Å². The van der Waals surface area contributed by atoms with Gasteiger partial charge in [0.05, 0.1) is 11.5 Å². The highest BCUT2D eigenvalue weighted by Crippen LogP contribution is 2.62. The van der Waals surface area contributed by atoms with Gasteiger partial charge in [-0.2, -0.15) is 5.26 Å². The molecule has 23 heavy (non-hydrogen) atoms. The van der Waals surface area contributed by atoms with Gasteiger partial charge >= 0.3 is 0 Å². The fraction of sp³-hybridized carbons (Fsp3) is 0.750. The predicted octanol–water partition coefficient (Wildman–Crippen LogP) is 4.23. The van der Waals surface area contributed by atoms with Gasteiger partial charge in [-0.1, -0.05) is 26.3 Å². The van der Waals surface area contributed by atoms with E-state index in [-0.39, 0.29) is 28.4 Å². The molecule has 0 spiro atoms. The summed E-state index contributed by atoms with van der Waals surface area (Å²) in [6.07, 6.45) is 6.53. The summed E-state index contributed by atoms with van der Waals surface area (Å²) in [7, 11) is 0. The maximum Gasteiger partial charge on any atom is 0.140 e. The zero-order valence-corrected chi connectivity index (χ0v) is 14.5. The van der Waals surface area contributed by atoms with Crippen LogP contribution in [0.3, 0.4) is 0 Å². The van der Waals surface area contributed by atoms with Gasteiger partial charge in [0.1, 0.15) is 12.1 Å². The molecule has 2 saturated carbocycles. The highest BCUT2D eigenvalue weighted by atomic mass is 16.1. The number of nitriles is 1. The first-order chi connectivity index (χ1) is 10.9. The number of nitrogens with zero attached hydrogens (tertiary/aromatic N) is 1. The molecule has 0 amide bonds. The highest BCUT2D eigenvalue weighted by molar-refractivity contribution is 5.88. The van der Waals surface area contributed by atoms with Crippen molar-refractivity contribution in [1.82, 2.24) is 0 Å². The van der Waals surface area contributed by atoms with Gasteiger partial charge < -0.3 is 4.79 Å². The number of carbonyl (C=O) groups excluding carboxylic acids is 2. The molecule has 0 aromatic heterocycles. The van der Waals surface area contributed by atoms with Crippen LogP contribution in [0.1, 0.15) is 65.7 Å². The third-order valence-electron chi connectivity index (χ3n) is 6.89. The highest BCUT2D eigenvalue weighted by Gasteiger charge is 2.57. The molecule has 1 unspecified atom stereocenters. The van der Waals surface area contributed by atoms with Crippen LogP contribution >= 0.6 is 0 Å². The summed E-state index contributed by atoms with van der Waals surface area (Å²) in [6, 6.07) is 2.64. The molecular weight excluding hydrogens is 286 g/mol. The molecule has 124 valence electrons. The Labute approximate surface area is 139 Å². The molecular formula is C20H27NO2. The molecule has 0 heterocycles. The maximum absolute atomic E-state index is 12.9. The van der Waals surface area contributed by atoms with E-state index in [1.54, 1.807) is 0 Å². The van der Waals surface area contributed by atoms with Crippen LogP contribution < -0.4 is 0 Å². The Kier molecular flexibility index (Phi) is 3.99. The van der Waals surface area contributed by atoms with E-state index < -0.39 is 0 Å². The monoisotopic (exact) mass is 313 g/mol. The Balaban J connectivity index is 2.12. The minimum Gasteiger partial charge on any atom is -0.303 e. The van der Waals surface area contributed by atoms with E-state index in [2.05, 4.69) is 26.8 Å². The van der Waals surface area contributed by atoms with Gasteiger partial charge in [0.25, 0.3) is 0 Å². The van der Waals surface area contributed by atoms with Crippen LogP contribution in [0.25, 0.3) is 0 Å². The Bertz CT molecular complexity index is 612. The van der Waals surface area contributed by atoms with Gasteiger partial charge in [-0.25, -0.2) is 0 Å². The first-order valence-electron chi connectivity index (χ1n) is 9.01. The Morgan fingerprint density at radius 1 is 1.26 bits per heavy atom. The number of hydrogen-bond acceptors (Lipinski definition) is 3. The summed E-state index contributed by atoms with van der Waals surface area (Å²) < 4.78 is 0. The van der Waals surface area contributed by atoms with Crippen molar-refractivity contribution in [3.05, 3.63) is 11.1 Å². The number of fused-ring (bicyclic) bond motifs is 3. The summed E-state index contributed by atoms with van der Waals surface area (Å²) in [5.74, 6) is 0.702. The fourth-order valence-electron chi connectivity index (χ4n) is 5.35. The molecule has 4 atom stereocenters. The topological polar surface area (TPSA) is 57.9 Å².